The molecule has 0 aromatic heterocycles. The van der Waals surface area contributed by atoms with E-state index in [9.17, 15) is 9.79 Å². The van der Waals surface area contributed by atoms with E-state index in [1.54, 1.807) is 0 Å². The van der Waals surface area contributed by atoms with Gasteiger partial charge < -0.3 is 9.79 Å². The van der Waals surface area contributed by atoms with Crippen LogP contribution in [0.5, 0.6) is 0 Å². The first-order valence-electron chi connectivity index (χ1n) is 8.64. The van der Waals surface area contributed by atoms with Gasteiger partial charge in [0, 0.05) is 19.5 Å². The molecule has 0 saturated heterocycles. The second-order valence-corrected chi connectivity index (χ2v) is 10.9. The molecule has 0 saturated carbocycles. The average molecular weight is 390 g/mol. The maximum atomic E-state index is 9.56. The summed E-state index contributed by atoms with van der Waals surface area (Å²) in [7, 11) is -2.12. The minimum Gasteiger partial charge on any atom is -0.351 e. The van der Waals surface area contributed by atoms with Crippen LogP contribution in [-0.4, -0.2) is 21.3 Å². The third-order valence-corrected chi connectivity index (χ3v) is 8.60. The first-order valence-corrected chi connectivity index (χ1v) is 12.3. The molecule has 0 spiro atoms. The van der Waals surface area contributed by atoms with Crippen LogP contribution in [0, 0.1) is 0 Å². The summed E-state index contributed by atoms with van der Waals surface area (Å²) in [4.78, 5) is 19.1. The third-order valence-electron chi connectivity index (χ3n) is 3.75. The molecule has 0 unspecified atom stereocenters. The van der Waals surface area contributed by atoms with Gasteiger partial charge in [0.1, 0.15) is 7.15 Å². The summed E-state index contributed by atoms with van der Waals surface area (Å²) in [5, 5.41) is 0. The Hall–Kier alpha value is 1.32. The standard InChI is InChI=1S/C16H37O2PS.Zn/c1-3-5-7-9-11-13-15-20(19(17)18)16-14-12-10-8-6-4-2;/h17-19H,3-16H2,1-2H3;. The summed E-state index contributed by atoms with van der Waals surface area (Å²) in [6, 6.07) is 0. The molecule has 2 nitrogen and oxygen atoms in total. The predicted molar refractivity (Wildman–Crippen MR) is 96.6 cm³/mol. The van der Waals surface area contributed by atoms with E-state index in [0.29, 0.717) is 0 Å². The molecule has 21 heavy (non-hydrogen) atoms. The summed E-state index contributed by atoms with van der Waals surface area (Å²) >= 11 is 0. The van der Waals surface area contributed by atoms with Crippen molar-refractivity contribution in [1.82, 2.24) is 0 Å². The van der Waals surface area contributed by atoms with Gasteiger partial charge >= 0.3 is 0 Å². The number of rotatable bonds is 14. The Morgan fingerprint density at radius 3 is 1.29 bits per heavy atom. The van der Waals surface area contributed by atoms with Crippen LogP contribution in [0.15, 0.2) is 0 Å². The molecule has 0 aliphatic heterocycles. The topological polar surface area (TPSA) is 40.5 Å². The van der Waals surface area contributed by atoms with Gasteiger partial charge in [0.15, 0.2) is 0 Å². The Bertz CT molecular complexity index is 228. The summed E-state index contributed by atoms with van der Waals surface area (Å²) in [6.45, 7) is 4.48. The first kappa shape index (κ1) is 24.6. The monoisotopic (exact) mass is 388 g/mol. The Morgan fingerprint density at radius 2 is 0.952 bits per heavy atom. The van der Waals surface area contributed by atoms with E-state index in [1.807, 2.05) is 0 Å². The normalized spacial score (nSPS) is 11.1. The van der Waals surface area contributed by atoms with Crippen molar-refractivity contribution in [3.05, 3.63) is 0 Å². The van der Waals surface area contributed by atoms with Gasteiger partial charge in [0.25, 0.3) is 0 Å². The molecule has 126 valence electrons. The maximum absolute atomic E-state index is 9.56. The summed E-state index contributed by atoms with van der Waals surface area (Å²) < 4.78 is 0. The Labute approximate surface area is 148 Å². The van der Waals surface area contributed by atoms with Crippen molar-refractivity contribution in [1.29, 1.82) is 0 Å². The number of hydrogen-bond acceptors (Lipinski definition) is 0. The van der Waals surface area contributed by atoms with Gasteiger partial charge in [-0.15, -0.1) is 10.1 Å². The number of unbranched alkanes of at least 4 members (excludes halogenated alkanes) is 10. The summed E-state index contributed by atoms with van der Waals surface area (Å²) in [5.41, 5.74) is 0. The molecule has 0 rings (SSSR count). The second-order valence-electron chi connectivity index (χ2n) is 5.72. The molecule has 0 aliphatic carbocycles. The van der Waals surface area contributed by atoms with Gasteiger partial charge in [-0.3, -0.25) is 0 Å². The van der Waals surface area contributed by atoms with Crippen LogP contribution in [0.2, 0.25) is 0 Å². The van der Waals surface area contributed by atoms with Gasteiger partial charge in [-0.05, 0) is 24.3 Å². The molecule has 0 amide bonds. The van der Waals surface area contributed by atoms with Gasteiger partial charge in [-0.25, -0.2) is 0 Å². The predicted octanol–water partition coefficient (Wildman–Crippen LogP) is 5.27. The van der Waals surface area contributed by atoms with Crippen LogP contribution < -0.4 is 0 Å². The van der Waals surface area contributed by atoms with Crippen molar-refractivity contribution in [3.63, 3.8) is 0 Å². The molecule has 0 aromatic carbocycles. The van der Waals surface area contributed by atoms with Gasteiger partial charge in [-0.1, -0.05) is 78.1 Å². The molecular formula is C16H37O2PSZn. The van der Waals surface area contributed by atoms with Crippen LogP contribution in [0.4, 0.5) is 0 Å². The van der Waals surface area contributed by atoms with Crippen molar-refractivity contribution >= 4 is 17.2 Å². The molecule has 5 heteroatoms. The van der Waals surface area contributed by atoms with E-state index in [-0.39, 0.29) is 29.6 Å². The van der Waals surface area contributed by atoms with Crippen molar-refractivity contribution in [2.45, 2.75) is 90.9 Å². The molecule has 0 radical (unpaired) electrons. The third kappa shape index (κ3) is 17.5. The largest absolute Gasteiger partial charge is 0.351 e. The quantitative estimate of drug-likeness (QED) is 0.241. The molecule has 0 aliphatic rings. The fourth-order valence-corrected chi connectivity index (χ4v) is 6.03. The minimum absolute atomic E-state index is 0. The van der Waals surface area contributed by atoms with Crippen LogP contribution in [0.1, 0.15) is 90.9 Å². The van der Waals surface area contributed by atoms with E-state index in [2.05, 4.69) is 13.8 Å². The minimum atomic E-state index is -2.04. The van der Waals surface area contributed by atoms with E-state index in [0.717, 1.165) is 11.5 Å². The van der Waals surface area contributed by atoms with E-state index in [4.69, 9.17) is 0 Å². The maximum Gasteiger partial charge on any atom is 0.131 e. The van der Waals surface area contributed by atoms with Crippen molar-refractivity contribution in [2.24, 2.45) is 0 Å². The molecular weight excluding hydrogens is 353 g/mol. The number of hydrogen-bond donors (Lipinski definition) is 2. The second kappa shape index (κ2) is 19.4. The zero-order chi connectivity index (χ0) is 15.1. The molecule has 2 N–H and O–H groups in total. The van der Waals surface area contributed by atoms with E-state index < -0.39 is 7.15 Å². The zero-order valence-corrected chi connectivity index (χ0v) is 19.2. The first-order chi connectivity index (χ1) is 9.72. The fraction of sp³-hybridized carbons (Fsp3) is 1.00. The summed E-state index contributed by atoms with van der Waals surface area (Å²) in [6.07, 6.45) is 15.5. The molecule has 0 fully saturated rings. The van der Waals surface area contributed by atoms with E-state index >= 15 is 0 Å². The summed E-state index contributed by atoms with van der Waals surface area (Å²) in [5.74, 6) is 2.12. The van der Waals surface area contributed by atoms with Crippen molar-refractivity contribution in [2.75, 3.05) is 11.5 Å². The van der Waals surface area contributed by atoms with Gasteiger partial charge in [0.2, 0.25) is 0 Å². The molecule has 0 atom stereocenters. The van der Waals surface area contributed by atoms with Crippen LogP contribution >= 0.6 is 7.15 Å². The molecule has 0 heterocycles. The van der Waals surface area contributed by atoms with Crippen LogP contribution in [0.3, 0.4) is 0 Å². The SMILES string of the molecule is CCCCCCCCS(CCCCCCCC)=[PH](O)O.[Zn]. The zero-order valence-electron chi connectivity index (χ0n) is 14.4. The van der Waals surface area contributed by atoms with Crippen molar-refractivity contribution in [3.8, 4) is 0 Å². The van der Waals surface area contributed by atoms with Gasteiger partial charge in [-0.2, -0.15) is 0 Å². The van der Waals surface area contributed by atoms with Crippen LogP contribution in [-0.2, 0) is 29.6 Å². The average Bonchev–Trinajstić information content (AvgIpc) is 2.43. The molecule has 0 aromatic rings. The Morgan fingerprint density at radius 1 is 0.619 bits per heavy atom. The fourth-order valence-electron chi connectivity index (χ4n) is 2.40. The Balaban J connectivity index is 0. The van der Waals surface area contributed by atoms with Crippen molar-refractivity contribution < 1.29 is 29.3 Å². The van der Waals surface area contributed by atoms with E-state index in [1.165, 1.54) is 77.0 Å². The molecule has 0 bridgehead atoms. The van der Waals surface area contributed by atoms with Crippen LogP contribution in [0.25, 0.3) is 0 Å². The smallest absolute Gasteiger partial charge is 0.131 e. The Kier molecular flexibility index (Phi) is 22.7. The van der Waals surface area contributed by atoms with Gasteiger partial charge in [0.05, 0.1) is 0 Å².